The molecular formula is C24H23N3O4S. The fourth-order valence-corrected chi connectivity index (χ4v) is 4.50. The molecule has 0 saturated heterocycles. The highest BCUT2D eigenvalue weighted by atomic mass is 32.1. The predicted molar refractivity (Wildman–Crippen MR) is 125 cm³/mol. The second kappa shape index (κ2) is 9.23. The van der Waals surface area contributed by atoms with E-state index in [9.17, 15) is 9.59 Å². The summed E-state index contributed by atoms with van der Waals surface area (Å²) in [6.07, 6.45) is 1.77. The van der Waals surface area contributed by atoms with Gasteiger partial charge in [0.25, 0.3) is 5.91 Å². The highest BCUT2D eigenvalue weighted by Gasteiger charge is 2.25. The number of imidazole rings is 1. The summed E-state index contributed by atoms with van der Waals surface area (Å²) in [5.74, 6) is -0.237. The van der Waals surface area contributed by atoms with Gasteiger partial charge in [0.05, 0.1) is 18.9 Å². The Kier molecular flexibility index (Phi) is 6.23. The number of hydrogen-bond donors (Lipinski definition) is 1. The van der Waals surface area contributed by atoms with Gasteiger partial charge in [0.15, 0.2) is 11.4 Å². The summed E-state index contributed by atoms with van der Waals surface area (Å²) < 4.78 is 12.6. The number of thiophene rings is 1. The molecule has 8 heteroatoms. The molecule has 4 rings (SSSR count). The number of benzene rings is 1. The van der Waals surface area contributed by atoms with Crippen molar-refractivity contribution >= 4 is 33.9 Å². The third kappa shape index (κ3) is 3.97. The lowest BCUT2D eigenvalue weighted by molar-refractivity contribution is 0.0529. The highest BCUT2D eigenvalue weighted by Crippen LogP contribution is 2.36. The Hall–Kier alpha value is -3.65. The van der Waals surface area contributed by atoms with Crippen LogP contribution in [0.3, 0.4) is 0 Å². The van der Waals surface area contributed by atoms with E-state index >= 15 is 0 Å². The molecule has 0 bridgehead atoms. The summed E-state index contributed by atoms with van der Waals surface area (Å²) in [7, 11) is 0. The van der Waals surface area contributed by atoms with Gasteiger partial charge in [0.1, 0.15) is 16.3 Å². The van der Waals surface area contributed by atoms with Crippen molar-refractivity contribution in [1.29, 1.82) is 0 Å². The topological polar surface area (TPSA) is 81.9 Å². The number of rotatable bonds is 7. The van der Waals surface area contributed by atoms with Crippen LogP contribution in [0.25, 0.3) is 16.8 Å². The molecule has 0 aliphatic carbocycles. The third-order valence-corrected chi connectivity index (χ3v) is 5.78. The molecule has 1 aromatic carbocycles. The van der Waals surface area contributed by atoms with Gasteiger partial charge in [0.2, 0.25) is 0 Å². The minimum Gasteiger partial charge on any atom is -0.490 e. The van der Waals surface area contributed by atoms with Gasteiger partial charge in [-0.05, 0) is 38.5 Å². The van der Waals surface area contributed by atoms with Gasteiger partial charge >= 0.3 is 5.97 Å². The molecular weight excluding hydrogens is 426 g/mol. The minimum absolute atomic E-state index is 0.239. The van der Waals surface area contributed by atoms with Crippen LogP contribution in [0.1, 0.15) is 40.4 Å². The van der Waals surface area contributed by atoms with Crippen molar-refractivity contribution in [3.63, 3.8) is 0 Å². The van der Waals surface area contributed by atoms with E-state index in [1.807, 2.05) is 48.7 Å². The Bertz CT molecular complexity index is 1280. The highest BCUT2D eigenvalue weighted by molar-refractivity contribution is 7.15. The number of pyridine rings is 1. The molecule has 0 aliphatic rings. The van der Waals surface area contributed by atoms with Crippen LogP contribution >= 0.6 is 11.3 Å². The van der Waals surface area contributed by atoms with E-state index in [2.05, 4.69) is 10.3 Å². The Morgan fingerprint density at radius 1 is 1.09 bits per heavy atom. The molecule has 3 aromatic heterocycles. The number of aryl methyl sites for hydroxylation is 1. The van der Waals surface area contributed by atoms with Gasteiger partial charge in [-0.2, -0.15) is 0 Å². The smallest absolute Gasteiger partial charge is 0.341 e. The molecule has 0 spiro atoms. The van der Waals surface area contributed by atoms with E-state index in [1.54, 1.807) is 30.5 Å². The number of fused-ring (bicyclic) bond motifs is 1. The minimum atomic E-state index is -0.476. The molecule has 4 aromatic rings. The number of carbonyl (C=O) groups is 2. The normalized spacial score (nSPS) is 10.8. The predicted octanol–water partition coefficient (Wildman–Crippen LogP) is 5.20. The monoisotopic (exact) mass is 449 g/mol. The van der Waals surface area contributed by atoms with Crippen LogP contribution < -0.4 is 10.1 Å². The summed E-state index contributed by atoms with van der Waals surface area (Å²) in [6, 6.07) is 13.2. The summed E-state index contributed by atoms with van der Waals surface area (Å²) in [6.45, 7) is 6.15. The van der Waals surface area contributed by atoms with Crippen LogP contribution in [0.2, 0.25) is 0 Å². The maximum Gasteiger partial charge on any atom is 0.341 e. The molecule has 7 nitrogen and oxygen atoms in total. The number of aromatic nitrogens is 2. The van der Waals surface area contributed by atoms with E-state index in [0.717, 1.165) is 11.1 Å². The first-order valence-electron chi connectivity index (χ1n) is 10.3. The van der Waals surface area contributed by atoms with E-state index in [0.29, 0.717) is 40.0 Å². The number of nitrogens with zero attached hydrogens (tertiary/aromatic N) is 2. The Labute approximate surface area is 189 Å². The quantitative estimate of drug-likeness (QED) is 0.392. The number of esters is 1. The molecule has 0 aliphatic heterocycles. The first kappa shape index (κ1) is 21.6. The number of carbonyl (C=O) groups excluding carboxylic acids is 2. The lowest BCUT2D eigenvalue weighted by Gasteiger charge is -2.10. The number of nitrogens with one attached hydrogen (secondary N) is 1. The lowest BCUT2D eigenvalue weighted by atomic mass is 10.0. The molecule has 3 heterocycles. The van der Waals surface area contributed by atoms with E-state index < -0.39 is 5.97 Å². The molecule has 0 fully saturated rings. The van der Waals surface area contributed by atoms with Gasteiger partial charge in [-0.1, -0.05) is 30.3 Å². The molecule has 1 N–H and O–H groups in total. The third-order valence-electron chi connectivity index (χ3n) is 4.89. The second-order valence-corrected chi connectivity index (χ2v) is 7.82. The van der Waals surface area contributed by atoms with Crippen LogP contribution in [0.5, 0.6) is 5.75 Å². The summed E-state index contributed by atoms with van der Waals surface area (Å²) >= 11 is 1.29. The van der Waals surface area contributed by atoms with Gasteiger partial charge in [-0.3, -0.25) is 9.20 Å². The molecule has 164 valence electrons. The number of hydrogen-bond acceptors (Lipinski definition) is 6. The number of anilines is 1. The molecule has 1 amide bonds. The van der Waals surface area contributed by atoms with Crippen LogP contribution in [0.15, 0.2) is 54.0 Å². The standard InChI is InChI=1S/C24H23N3O4S/c1-4-30-18-12-9-13-27-20(15(3)25-21(18)27)22(28)26-23-19(24(29)31-5-2)17(14-32-23)16-10-7-6-8-11-16/h6-14H,4-5H2,1-3H3,(H,26,28). The fourth-order valence-electron chi connectivity index (χ4n) is 3.55. The summed E-state index contributed by atoms with van der Waals surface area (Å²) in [4.78, 5) is 30.6. The van der Waals surface area contributed by atoms with Gasteiger partial charge in [-0.15, -0.1) is 11.3 Å². The Morgan fingerprint density at radius 3 is 2.59 bits per heavy atom. The van der Waals surface area contributed by atoms with Gasteiger partial charge in [-0.25, -0.2) is 9.78 Å². The van der Waals surface area contributed by atoms with Crippen molar-refractivity contribution < 1.29 is 19.1 Å². The van der Waals surface area contributed by atoms with Crippen molar-refractivity contribution in [2.45, 2.75) is 20.8 Å². The Balaban J connectivity index is 1.74. The van der Waals surface area contributed by atoms with Crippen LogP contribution in [-0.4, -0.2) is 34.5 Å². The maximum absolute atomic E-state index is 13.3. The number of amides is 1. The van der Waals surface area contributed by atoms with E-state index in [1.165, 1.54) is 11.3 Å². The molecule has 0 unspecified atom stereocenters. The first-order chi connectivity index (χ1) is 15.5. The fraction of sp³-hybridized carbons (Fsp3) is 0.208. The SMILES string of the molecule is CCOC(=O)c1c(-c2ccccc2)csc1NC(=O)c1c(C)nc2c(OCC)cccn12. The largest absolute Gasteiger partial charge is 0.490 e. The maximum atomic E-state index is 13.3. The molecule has 0 radical (unpaired) electrons. The lowest BCUT2D eigenvalue weighted by Crippen LogP contribution is -2.17. The van der Waals surface area contributed by atoms with E-state index in [-0.39, 0.29) is 12.5 Å². The average Bonchev–Trinajstić information content (AvgIpc) is 3.35. The van der Waals surface area contributed by atoms with Crippen molar-refractivity contribution in [3.05, 3.63) is 71.0 Å². The molecule has 32 heavy (non-hydrogen) atoms. The number of ether oxygens (including phenoxy) is 2. The zero-order valence-corrected chi connectivity index (χ0v) is 18.9. The van der Waals surface area contributed by atoms with Gasteiger partial charge < -0.3 is 14.8 Å². The summed E-state index contributed by atoms with van der Waals surface area (Å²) in [5.41, 5.74) is 3.45. The van der Waals surface area contributed by atoms with Crippen molar-refractivity contribution in [2.24, 2.45) is 0 Å². The van der Waals surface area contributed by atoms with Crippen molar-refractivity contribution in [2.75, 3.05) is 18.5 Å². The zero-order valence-electron chi connectivity index (χ0n) is 18.0. The van der Waals surface area contributed by atoms with Crippen molar-refractivity contribution in [1.82, 2.24) is 9.38 Å². The van der Waals surface area contributed by atoms with Crippen molar-refractivity contribution in [3.8, 4) is 16.9 Å². The Morgan fingerprint density at radius 2 is 1.88 bits per heavy atom. The van der Waals surface area contributed by atoms with Crippen LogP contribution in [0.4, 0.5) is 5.00 Å². The zero-order chi connectivity index (χ0) is 22.7. The molecule has 0 saturated carbocycles. The van der Waals surface area contributed by atoms with Crippen LogP contribution in [-0.2, 0) is 4.74 Å². The van der Waals surface area contributed by atoms with Crippen LogP contribution in [0, 0.1) is 6.92 Å². The summed E-state index contributed by atoms with van der Waals surface area (Å²) in [5, 5.41) is 5.19. The first-order valence-corrected chi connectivity index (χ1v) is 11.2. The average molecular weight is 450 g/mol. The second-order valence-electron chi connectivity index (χ2n) is 6.94. The van der Waals surface area contributed by atoms with Gasteiger partial charge in [0, 0.05) is 17.1 Å². The molecule has 0 atom stereocenters. The van der Waals surface area contributed by atoms with E-state index in [4.69, 9.17) is 9.47 Å².